The van der Waals surface area contributed by atoms with E-state index < -0.39 is 0 Å². The Balaban J connectivity index is 0. The second-order valence-corrected chi connectivity index (χ2v) is 5.12. The minimum Gasteiger partial charge on any atom is -0.357 e. The summed E-state index contributed by atoms with van der Waals surface area (Å²) in [5.74, 6) is 3.81. The molecular formula is C17H31IN4. The molecule has 0 saturated heterocycles. The SMILES string of the molecule is C#CCNC(=NCC(C(C)C)N(CC=C)CC=C)NCC.I. The van der Waals surface area contributed by atoms with E-state index in [1.807, 2.05) is 19.1 Å². The zero-order valence-corrected chi connectivity index (χ0v) is 16.5. The number of aliphatic imine (C=N–C) groups is 1. The van der Waals surface area contributed by atoms with Gasteiger partial charge in [0.2, 0.25) is 0 Å². The highest BCUT2D eigenvalue weighted by molar-refractivity contribution is 14.0. The Hall–Kier alpha value is -1.000. The molecule has 1 atom stereocenters. The average molecular weight is 418 g/mol. The fourth-order valence-electron chi connectivity index (χ4n) is 2.09. The average Bonchev–Trinajstić information content (AvgIpc) is 2.44. The number of nitrogens with one attached hydrogen (secondary N) is 2. The van der Waals surface area contributed by atoms with Crippen LogP contribution in [-0.2, 0) is 0 Å². The third-order valence-electron chi connectivity index (χ3n) is 3.10. The molecule has 0 aromatic rings. The molecular weight excluding hydrogens is 387 g/mol. The third kappa shape index (κ3) is 9.85. The topological polar surface area (TPSA) is 39.7 Å². The highest BCUT2D eigenvalue weighted by atomic mass is 127. The van der Waals surface area contributed by atoms with E-state index >= 15 is 0 Å². The normalized spacial score (nSPS) is 12.3. The van der Waals surface area contributed by atoms with Crippen molar-refractivity contribution in [1.82, 2.24) is 15.5 Å². The van der Waals surface area contributed by atoms with Gasteiger partial charge in [-0.05, 0) is 12.8 Å². The van der Waals surface area contributed by atoms with Gasteiger partial charge < -0.3 is 10.6 Å². The first-order chi connectivity index (χ1) is 10.1. The number of guanidine groups is 1. The number of rotatable bonds is 10. The van der Waals surface area contributed by atoms with Gasteiger partial charge in [-0.3, -0.25) is 9.89 Å². The molecule has 0 bridgehead atoms. The number of nitrogens with zero attached hydrogens (tertiary/aromatic N) is 2. The van der Waals surface area contributed by atoms with Crippen molar-refractivity contribution in [2.24, 2.45) is 10.9 Å². The summed E-state index contributed by atoms with van der Waals surface area (Å²) >= 11 is 0. The van der Waals surface area contributed by atoms with Gasteiger partial charge in [-0.25, -0.2) is 0 Å². The molecule has 22 heavy (non-hydrogen) atoms. The number of hydrogen-bond acceptors (Lipinski definition) is 2. The minimum absolute atomic E-state index is 0. The second-order valence-electron chi connectivity index (χ2n) is 5.12. The van der Waals surface area contributed by atoms with Gasteiger partial charge in [0.25, 0.3) is 0 Å². The number of terminal acetylenes is 1. The Morgan fingerprint density at radius 2 is 1.86 bits per heavy atom. The van der Waals surface area contributed by atoms with E-state index in [-0.39, 0.29) is 24.0 Å². The largest absolute Gasteiger partial charge is 0.357 e. The first-order valence-corrected chi connectivity index (χ1v) is 7.52. The molecule has 1 unspecified atom stereocenters. The predicted molar refractivity (Wildman–Crippen MR) is 109 cm³/mol. The lowest BCUT2D eigenvalue weighted by Crippen LogP contribution is -2.43. The van der Waals surface area contributed by atoms with Crippen LogP contribution < -0.4 is 10.6 Å². The van der Waals surface area contributed by atoms with E-state index in [9.17, 15) is 0 Å². The van der Waals surface area contributed by atoms with E-state index in [2.05, 4.69) is 53.5 Å². The van der Waals surface area contributed by atoms with Crippen LogP contribution >= 0.6 is 24.0 Å². The lowest BCUT2D eigenvalue weighted by Gasteiger charge is -2.32. The zero-order chi connectivity index (χ0) is 16.1. The van der Waals surface area contributed by atoms with Crippen LogP contribution in [0.3, 0.4) is 0 Å². The molecule has 2 N–H and O–H groups in total. The summed E-state index contributed by atoms with van der Waals surface area (Å²) in [5.41, 5.74) is 0. The Labute approximate surface area is 153 Å². The fraction of sp³-hybridized carbons (Fsp3) is 0.588. The summed E-state index contributed by atoms with van der Waals surface area (Å²) < 4.78 is 0. The molecule has 126 valence electrons. The van der Waals surface area contributed by atoms with Crippen molar-refractivity contribution in [3.63, 3.8) is 0 Å². The van der Waals surface area contributed by atoms with Crippen LogP contribution in [0.4, 0.5) is 0 Å². The molecule has 0 aliphatic carbocycles. The van der Waals surface area contributed by atoms with Crippen LogP contribution in [0.2, 0.25) is 0 Å². The Morgan fingerprint density at radius 3 is 2.27 bits per heavy atom. The Bertz CT molecular complexity index is 361. The maximum absolute atomic E-state index is 5.28. The van der Waals surface area contributed by atoms with Crippen molar-refractivity contribution in [2.45, 2.75) is 26.8 Å². The van der Waals surface area contributed by atoms with Crippen LogP contribution in [0.15, 0.2) is 30.3 Å². The monoisotopic (exact) mass is 418 g/mol. The Kier molecular flexibility index (Phi) is 15.8. The first kappa shape index (κ1) is 23.3. The summed E-state index contributed by atoms with van der Waals surface area (Å²) in [5, 5.41) is 6.31. The predicted octanol–water partition coefficient (Wildman–Crippen LogP) is 2.49. The lowest BCUT2D eigenvalue weighted by molar-refractivity contribution is 0.195. The summed E-state index contributed by atoms with van der Waals surface area (Å²) in [6.07, 6.45) is 9.12. The molecule has 0 rings (SSSR count). The standard InChI is InChI=1S/C17H30N4.HI/c1-7-11-19-17(18-10-4)20-14-16(15(5)6)21(12-8-2)13-9-3;/h1,8-9,15-16H,2-3,10-14H2,4-6H3,(H2,18,19,20);1H. The summed E-state index contributed by atoms with van der Waals surface area (Å²) in [4.78, 5) is 6.98. The van der Waals surface area contributed by atoms with Crippen LogP contribution in [0.25, 0.3) is 0 Å². The smallest absolute Gasteiger partial charge is 0.192 e. The van der Waals surface area contributed by atoms with E-state index in [4.69, 9.17) is 6.42 Å². The van der Waals surface area contributed by atoms with Gasteiger partial charge in [-0.1, -0.05) is 31.9 Å². The van der Waals surface area contributed by atoms with Crippen molar-refractivity contribution in [2.75, 3.05) is 32.7 Å². The minimum atomic E-state index is 0. The zero-order valence-electron chi connectivity index (χ0n) is 14.1. The van der Waals surface area contributed by atoms with E-state index in [0.717, 1.165) is 25.6 Å². The molecule has 0 aliphatic heterocycles. The molecule has 4 nitrogen and oxygen atoms in total. The molecule has 0 fully saturated rings. The molecule has 5 heteroatoms. The molecule has 0 amide bonds. The van der Waals surface area contributed by atoms with Crippen molar-refractivity contribution in [1.29, 1.82) is 0 Å². The highest BCUT2D eigenvalue weighted by Crippen LogP contribution is 2.11. The maximum atomic E-state index is 5.28. The summed E-state index contributed by atoms with van der Waals surface area (Å²) in [7, 11) is 0. The first-order valence-electron chi connectivity index (χ1n) is 7.52. The van der Waals surface area contributed by atoms with Crippen LogP contribution in [0, 0.1) is 18.3 Å². The molecule has 0 heterocycles. The molecule has 0 aliphatic rings. The summed E-state index contributed by atoms with van der Waals surface area (Å²) in [6, 6.07) is 0.335. The van der Waals surface area contributed by atoms with Gasteiger partial charge in [0.05, 0.1) is 13.1 Å². The van der Waals surface area contributed by atoms with E-state index in [1.165, 1.54) is 0 Å². The van der Waals surface area contributed by atoms with Crippen molar-refractivity contribution < 1.29 is 0 Å². The fourth-order valence-corrected chi connectivity index (χ4v) is 2.09. The van der Waals surface area contributed by atoms with Crippen molar-refractivity contribution >= 4 is 29.9 Å². The summed E-state index contributed by atoms with van der Waals surface area (Å²) in [6.45, 7) is 17.8. The van der Waals surface area contributed by atoms with Crippen LogP contribution in [-0.4, -0.2) is 49.6 Å². The van der Waals surface area contributed by atoms with E-state index in [0.29, 0.717) is 25.0 Å². The number of halogens is 1. The van der Waals surface area contributed by atoms with Gasteiger partial charge in [0, 0.05) is 25.7 Å². The highest BCUT2D eigenvalue weighted by Gasteiger charge is 2.19. The molecule has 0 spiro atoms. The van der Waals surface area contributed by atoms with Crippen molar-refractivity contribution in [3.8, 4) is 12.3 Å². The molecule has 0 aromatic carbocycles. The quantitative estimate of drug-likeness (QED) is 0.188. The van der Waals surface area contributed by atoms with Crippen molar-refractivity contribution in [3.05, 3.63) is 25.3 Å². The van der Waals surface area contributed by atoms with Gasteiger partial charge in [0.15, 0.2) is 5.96 Å². The number of hydrogen-bond donors (Lipinski definition) is 2. The van der Waals surface area contributed by atoms with E-state index in [1.54, 1.807) is 0 Å². The molecule has 0 aromatic heterocycles. The van der Waals surface area contributed by atoms with Gasteiger partial charge >= 0.3 is 0 Å². The molecule has 0 radical (unpaired) electrons. The lowest BCUT2D eigenvalue weighted by atomic mass is 10.0. The maximum Gasteiger partial charge on any atom is 0.192 e. The van der Waals surface area contributed by atoms with Gasteiger partial charge in [-0.2, -0.15) is 0 Å². The molecule has 0 saturated carbocycles. The Morgan fingerprint density at radius 1 is 1.27 bits per heavy atom. The third-order valence-corrected chi connectivity index (χ3v) is 3.10. The second kappa shape index (κ2) is 14.9. The van der Waals surface area contributed by atoms with Gasteiger partial charge in [-0.15, -0.1) is 43.6 Å². The van der Waals surface area contributed by atoms with Crippen LogP contribution in [0.1, 0.15) is 20.8 Å². The van der Waals surface area contributed by atoms with Gasteiger partial charge in [0.1, 0.15) is 0 Å². The van der Waals surface area contributed by atoms with Crippen LogP contribution in [0.5, 0.6) is 0 Å².